The zero-order chi connectivity index (χ0) is 20.0. The Bertz CT molecular complexity index is 917. The van der Waals surface area contributed by atoms with Gasteiger partial charge in [-0.15, -0.1) is 0 Å². The molecule has 7 heteroatoms. The van der Waals surface area contributed by atoms with Crippen LogP contribution in [0.25, 0.3) is 0 Å². The second-order valence-electron chi connectivity index (χ2n) is 6.53. The minimum absolute atomic E-state index is 0.0833. The molecule has 0 aromatic heterocycles. The summed E-state index contributed by atoms with van der Waals surface area (Å²) >= 11 is 0. The zero-order valence-electron chi connectivity index (χ0n) is 15.7. The molecule has 0 aliphatic carbocycles. The third kappa shape index (κ3) is 5.56. The van der Waals surface area contributed by atoms with Crippen LogP contribution in [0.1, 0.15) is 25.0 Å². The van der Waals surface area contributed by atoms with Gasteiger partial charge in [-0.05, 0) is 43.7 Å². The third-order valence-electron chi connectivity index (χ3n) is 4.10. The molecule has 27 heavy (non-hydrogen) atoms. The zero-order valence-corrected chi connectivity index (χ0v) is 16.5. The van der Waals surface area contributed by atoms with Gasteiger partial charge >= 0.3 is 0 Å². The molecule has 0 radical (unpaired) electrons. The molecule has 0 fully saturated rings. The minimum atomic E-state index is -3.66. The summed E-state index contributed by atoms with van der Waals surface area (Å²) in [6.07, 6.45) is 1.06. The van der Waals surface area contributed by atoms with Gasteiger partial charge in [0, 0.05) is 12.6 Å². The fraction of sp³-hybridized carbons (Fsp3) is 0.300. The lowest BCUT2D eigenvalue weighted by Gasteiger charge is -2.30. The van der Waals surface area contributed by atoms with Crippen LogP contribution in [0.2, 0.25) is 0 Å². The Morgan fingerprint density at radius 3 is 2.15 bits per heavy atom. The first-order chi connectivity index (χ1) is 12.7. The first-order valence-electron chi connectivity index (χ1n) is 8.53. The number of benzene rings is 2. The lowest BCUT2D eigenvalue weighted by molar-refractivity contribution is -0.131. The summed E-state index contributed by atoms with van der Waals surface area (Å²) in [6, 6.07) is 17.6. The number of sulfonamides is 1. The molecule has 2 aromatic carbocycles. The first kappa shape index (κ1) is 20.5. The largest absolute Gasteiger partial charge is 0.334 e. The highest BCUT2D eigenvalue weighted by molar-refractivity contribution is 7.92. The topological polar surface area (TPSA) is 81.5 Å². The first-order valence-corrected chi connectivity index (χ1v) is 10.4. The maximum atomic E-state index is 12.9. The highest BCUT2D eigenvalue weighted by Crippen LogP contribution is 2.19. The van der Waals surface area contributed by atoms with Crippen molar-refractivity contribution in [3.8, 4) is 6.07 Å². The maximum absolute atomic E-state index is 12.9. The molecule has 2 rings (SSSR count). The van der Waals surface area contributed by atoms with E-state index in [1.54, 1.807) is 4.90 Å². The normalized spacial score (nSPS) is 11.1. The SMILES string of the molecule is CC(C)N(Cc1ccccc1)C(=O)CN(c1ccc(C#N)cc1)S(C)(=O)=O. The summed E-state index contributed by atoms with van der Waals surface area (Å²) in [5.41, 5.74) is 1.75. The van der Waals surface area contributed by atoms with E-state index < -0.39 is 10.0 Å². The van der Waals surface area contributed by atoms with Crippen LogP contribution in [0.3, 0.4) is 0 Å². The fourth-order valence-corrected chi connectivity index (χ4v) is 3.50. The van der Waals surface area contributed by atoms with Crippen LogP contribution >= 0.6 is 0 Å². The van der Waals surface area contributed by atoms with E-state index in [0.29, 0.717) is 17.8 Å². The average molecular weight is 385 g/mol. The second-order valence-corrected chi connectivity index (χ2v) is 8.44. The van der Waals surface area contributed by atoms with Gasteiger partial charge in [-0.1, -0.05) is 30.3 Å². The number of rotatable bonds is 7. The Hall–Kier alpha value is -2.85. The van der Waals surface area contributed by atoms with Gasteiger partial charge < -0.3 is 4.90 Å². The van der Waals surface area contributed by atoms with Crippen LogP contribution in [0.15, 0.2) is 54.6 Å². The highest BCUT2D eigenvalue weighted by Gasteiger charge is 2.25. The van der Waals surface area contributed by atoms with Crippen LogP contribution in [0.5, 0.6) is 0 Å². The average Bonchev–Trinajstić information content (AvgIpc) is 2.64. The number of carbonyl (C=O) groups is 1. The van der Waals surface area contributed by atoms with Gasteiger partial charge in [0.1, 0.15) is 6.54 Å². The predicted molar refractivity (Wildman–Crippen MR) is 105 cm³/mol. The Balaban J connectivity index is 2.26. The smallest absolute Gasteiger partial charge is 0.243 e. The Morgan fingerprint density at radius 1 is 1.07 bits per heavy atom. The third-order valence-corrected chi connectivity index (χ3v) is 5.24. The van der Waals surface area contributed by atoms with E-state index in [1.807, 2.05) is 50.2 Å². The summed E-state index contributed by atoms with van der Waals surface area (Å²) in [5.74, 6) is -0.288. The number of hydrogen-bond acceptors (Lipinski definition) is 4. The molecule has 0 aliphatic heterocycles. The molecule has 2 aromatic rings. The van der Waals surface area contributed by atoms with Crippen molar-refractivity contribution in [3.63, 3.8) is 0 Å². The number of nitriles is 1. The van der Waals surface area contributed by atoms with E-state index >= 15 is 0 Å². The molecule has 0 unspecified atom stereocenters. The Labute approximate surface area is 160 Å². The molecule has 0 saturated carbocycles. The van der Waals surface area contributed by atoms with E-state index in [-0.39, 0.29) is 18.5 Å². The van der Waals surface area contributed by atoms with Crippen LogP contribution < -0.4 is 4.31 Å². The monoisotopic (exact) mass is 385 g/mol. The molecule has 6 nitrogen and oxygen atoms in total. The number of carbonyl (C=O) groups excluding carboxylic acids is 1. The van der Waals surface area contributed by atoms with Crippen molar-refractivity contribution < 1.29 is 13.2 Å². The van der Waals surface area contributed by atoms with Crippen molar-refractivity contribution in [1.29, 1.82) is 5.26 Å². The van der Waals surface area contributed by atoms with Gasteiger partial charge in [-0.3, -0.25) is 9.10 Å². The molecule has 0 heterocycles. The van der Waals surface area contributed by atoms with Crippen molar-refractivity contribution in [2.75, 3.05) is 17.1 Å². The number of anilines is 1. The molecule has 1 amide bonds. The van der Waals surface area contributed by atoms with Gasteiger partial charge in [0.25, 0.3) is 0 Å². The minimum Gasteiger partial charge on any atom is -0.334 e. The molecule has 0 bridgehead atoms. The maximum Gasteiger partial charge on any atom is 0.243 e. The molecule has 0 atom stereocenters. The van der Waals surface area contributed by atoms with Gasteiger partial charge in [-0.2, -0.15) is 5.26 Å². The van der Waals surface area contributed by atoms with Crippen molar-refractivity contribution in [2.45, 2.75) is 26.4 Å². The van der Waals surface area contributed by atoms with E-state index in [2.05, 4.69) is 0 Å². The Morgan fingerprint density at radius 2 is 1.67 bits per heavy atom. The summed E-state index contributed by atoms with van der Waals surface area (Å²) in [4.78, 5) is 14.6. The van der Waals surface area contributed by atoms with Crippen LogP contribution in [-0.4, -0.2) is 38.1 Å². The Kier molecular flexibility index (Phi) is 6.59. The van der Waals surface area contributed by atoms with E-state index in [0.717, 1.165) is 16.1 Å². The van der Waals surface area contributed by atoms with Crippen molar-refractivity contribution in [2.24, 2.45) is 0 Å². The lowest BCUT2D eigenvalue weighted by Crippen LogP contribution is -2.45. The molecular weight excluding hydrogens is 362 g/mol. The quantitative estimate of drug-likeness (QED) is 0.734. The van der Waals surface area contributed by atoms with Crippen LogP contribution in [0, 0.1) is 11.3 Å². The number of nitrogens with zero attached hydrogens (tertiary/aromatic N) is 3. The highest BCUT2D eigenvalue weighted by atomic mass is 32.2. The van der Waals surface area contributed by atoms with Crippen molar-refractivity contribution in [3.05, 3.63) is 65.7 Å². The van der Waals surface area contributed by atoms with E-state index in [9.17, 15) is 13.2 Å². The van der Waals surface area contributed by atoms with E-state index in [1.165, 1.54) is 24.3 Å². The van der Waals surface area contributed by atoms with Gasteiger partial charge in [0.15, 0.2) is 0 Å². The number of hydrogen-bond donors (Lipinski definition) is 0. The molecule has 0 aliphatic rings. The van der Waals surface area contributed by atoms with Crippen molar-refractivity contribution in [1.82, 2.24) is 4.90 Å². The van der Waals surface area contributed by atoms with Crippen molar-refractivity contribution >= 4 is 21.6 Å². The molecule has 0 N–H and O–H groups in total. The molecule has 0 spiro atoms. The van der Waals surface area contributed by atoms with Crippen LogP contribution in [-0.2, 0) is 21.4 Å². The summed E-state index contributed by atoms with van der Waals surface area (Å²) < 4.78 is 25.6. The fourth-order valence-electron chi connectivity index (χ4n) is 2.65. The standard InChI is InChI=1S/C20H23N3O3S/c1-16(2)22(14-18-7-5-4-6-8-18)20(24)15-23(27(3,25)26)19-11-9-17(13-21)10-12-19/h4-12,16H,14-15H2,1-3H3. The molecular formula is C20H23N3O3S. The van der Waals surface area contributed by atoms with E-state index in [4.69, 9.17) is 5.26 Å². The second kappa shape index (κ2) is 8.69. The summed E-state index contributed by atoms with van der Waals surface area (Å²) in [7, 11) is -3.66. The van der Waals surface area contributed by atoms with Crippen LogP contribution in [0.4, 0.5) is 5.69 Å². The predicted octanol–water partition coefficient (Wildman–Crippen LogP) is 2.76. The van der Waals surface area contributed by atoms with Gasteiger partial charge in [0.05, 0.1) is 23.6 Å². The summed E-state index contributed by atoms with van der Waals surface area (Å²) in [6.45, 7) is 3.90. The van der Waals surface area contributed by atoms with Gasteiger partial charge in [-0.25, -0.2) is 8.42 Å². The number of amides is 1. The van der Waals surface area contributed by atoms with Gasteiger partial charge in [0.2, 0.25) is 15.9 Å². The lowest BCUT2D eigenvalue weighted by atomic mass is 10.2. The summed E-state index contributed by atoms with van der Waals surface area (Å²) in [5, 5.41) is 8.90. The molecule has 0 saturated heterocycles. The molecule has 142 valence electrons.